The lowest BCUT2D eigenvalue weighted by atomic mass is 9.86. The van der Waals surface area contributed by atoms with E-state index in [2.05, 4.69) is 46.9 Å². The van der Waals surface area contributed by atoms with E-state index < -0.39 is 5.90 Å². The Morgan fingerprint density at radius 3 is 1.64 bits per heavy atom. The number of hydrogen-bond donors (Lipinski definition) is 1. The van der Waals surface area contributed by atoms with Gasteiger partial charge in [-0.2, -0.15) is 0 Å². The van der Waals surface area contributed by atoms with Gasteiger partial charge in [0, 0.05) is 5.16 Å². The van der Waals surface area contributed by atoms with Crippen molar-refractivity contribution in [2.24, 2.45) is 5.41 Å². The van der Waals surface area contributed by atoms with E-state index in [-0.39, 0.29) is 5.16 Å². The summed E-state index contributed by atoms with van der Waals surface area (Å²) in [6.07, 6.45) is 1.17. The molecule has 0 aliphatic rings. The Labute approximate surface area is 81.7 Å². The summed E-state index contributed by atoms with van der Waals surface area (Å²) in [4.78, 5) is 0. The van der Waals surface area contributed by atoms with Gasteiger partial charge in [0.2, 0.25) is 0 Å². The summed E-state index contributed by atoms with van der Waals surface area (Å²) in [5, 5.41) is 0.265. The van der Waals surface area contributed by atoms with Gasteiger partial charge in [0.1, 0.15) is 0 Å². The van der Waals surface area contributed by atoms with Crippen molar-refractivity contribution in [1.29, 1.82) is 0 Å². The molecule has 0 radical (unpaired) electrons. The molecule has 0 bridgehead atoms. The fourth-order valence-corrected chi connectivity index (χ4v) is 2.54. The number of rotatable bonds is 2. The van der Waals surface area contributed by atoms with Crippen LogP contribution in [0.15, 0.2) is 0 Å². The van der Waals surface area contributed by atoms with E-state index in [1.165, 1.54) is 6.42 Å². The highest BCUT2D eigenvalue weighted by atomic mass is 32.9. The minimum Gasteiger partial charge on any atom is -0.143 e. The maximum atomic E-state index is 5.25. The first-order valence-corrected chi connectivity index (χ1v) is 7.81. The summed E-state index contributed by atoms with van der Waals surface area (Å²) in [6, 6.07) is 0. The Morgan fingerprint density at radius 2 is 1.55 bits per heavy atom. The second kappa shape index (κ2) is 3.81. The van der Waals surface area contributed by atoms with Crippen LogP contribution in [-0.4, -0.2) is 5.16 Å². The largest absolute Gasteiger partial charge is 0.143 e. The molecular weight excluding hydrogens is 191 g/mol. The summed E-state index contributed by atoms with van der Waals surface area (Å²) in [7, 11) is 0. The first kappa shape index (κ1) is 12.0. The topological polar surface area (TPSA) is 0 Å². The lowest BCUT2D eigenvalue weighted by molar-refractivity contribution is 0.338. The first-order valence-electron chi connectivity index (χ1n) is 3.88. The Morgan fingerprint density at radius 1 is 1.18 bits per heavy atom. The molecular formula is C8H19PS2. The second-order valence-electron chi connectivity index (χ2n) is 4.93. The van der Waals surface area contributed by atoms with Gasteiger partial charge >= 0.3 is 0 Å². The molecule has 11 heavy (non-hydrogen) atoms. The molecule has 0 saturated carbocycles. The molecule has 1 atom stereocenters. The van der Waals surface area contributed by atoms with Gasteiger partial charge in [-0.25, -0.2) is 0 Å². The van der Waals surface area contributed by atoms with Gasteiger partial charge in [0.05, 0.1) is 0 Å². The molecule has 0 heterocycles. The minimum absolute atomic E-state index is 0.265. The van der Waals surface area contributed by atoms with Crippen molar-refractivity contribution < 1.29 is 0 Å². The SMILES string of the molecule is CC(C)(C)CC(C)(C)[PH](=S)S. The average Bonchev–Trinajstić information content (AvgIpc) is 1.56. The van der Waals surface area contributed by atoms with Crippen LogP contribution >= 0.6 is 18.1 Å². The van der Waals surface area contributed by atoms with Crippen LogP contribution in [0.3, 0.4) is 0 Å². The molecule has 3 heteroatoms. The third-order valence-corrected chi connectivity index (χ3v) is 6.36. The molecule has 0 aromatic carbocycles. The van der Waals surface area contributed by atoms with Crippen molar-refractivity contribution >= 4 is 30.0 Å². The zero-order valence-corrected chi connectivity index (χ0v) is 10.8. The van der Waals surface area contributed by atoms with E-state index >= 15 is 0 Å². The van der Waals surface area contributed by atoms with Crippen LogP contribution in [0.4, 0.5) is 0 Å². The molecule has 1 unspecified atom stereocenters. The van der Waals surface area contributed by atoms with Crippen LogP contribution in [0.2, 0.25) is 0 Å². The summed E-state index contributed by atoms with van der Waals surface area (Å²) in [5.41, 5.74) is 0.376. The van der Waals surface area contributed by atoms with Gasteiger partial charge in [0.15, 0.2) is 0 Å². The van der Waals surface area contributed by atoms with Gasteiger partial charge in [-0.05, 0) is 17.7 Å². The van der Waals surface area contributed by atoms with Gasteiger partial charge in [0.25, 0.3) is 0 Å². The number of thiol groups is 1. The Hall–Kier alpha value is 1.00. The van der Waals surface area contributed by atoms with E-state index in [4.69, 9.17) is 11.8 Å². The fourth-order valence-electron chi connectivity index (χ4n) is 1.40. The molecule has 0 fully saturated rings. The highest BCUT2D eigenvalue weighted by molar-refractivity contribution is 8.56. The monoisotopic (exact) mass is 210 g/mol. The lowest BCUT2D eigenvalue weighted by Crippen LogP contribution is -2.22. The quantitative estimate of drug-likeness (QED) is 0.535. The molecule has 0 amide bonds. The molecule has 0 spiro atoms. The molecule has 0 rings (SSSR count). The van der Waals surface area contributed by atoms with Crippen molar-refractivity contribution in [2.75, 3.05) is 0 Å². The summed E-state index contributed by atoms with van der Waals surface area (Å²) in [6.45, 7) is 11.2. The van der Waals surface area contributed by atoms with Crippen LogP contribution in [0.5, 0.6) is 0 Å². The third kappa shape index (κ3) is 5.27. The predicted molar refractivity (Wildman–Crippen MR) is 62.8 cm³/mol. The Kier molecular flexibility index (Phi) is 4.15. The van der Waals surface area contributed by atoms with Crippen LogP contribution < -0.4 is 0 Å². The standard InChI is InChI=1S/C8H19PS2/c1-7(2,3)6-8(4,5)9(10)11/h9H,6H2,1-5H3,(H,10,11). The van der Waals surface area contributed by atoms with E-state index in [0.717, 1.165) is 0 Å². The van der Waals surface area contributed by atoms with Gasteiger partial charge < -0.3 is 0 Å². The molecule has 0 aliphatic carbocycles. The average molecular weight is 210 g/mol. The zero-order valence-electron chi connectivity index (χ0n) is 8.06. The molecule has 0 aromatic rings. The van der Waals surface area contributed by atoms with E-state index in [1.807, 2.05) is 0 Å². The maximum Gasteiger partial charge on any atom is 0.000238 e. The Balaban J connectivity index is 4.25. The first-order chi connectivity index (χ1) is 4.65. The normalized spacial score (nSPS) is 16.5. The molecule has 0 N–H and O–H groups in total. The fraction of sp³-hybridized carbons (Fsp3) is 1.00. The smallest absolute Gasteiger partial charge is 0.000238 e. The van der Waals surface area contributed by atoms with Gasteiger partial charge in [-0.15, -0.1) is 12.2 Å². The van der Waals surface area contributed by atoms with Crippen LogP contribution in [0.1, 0.15) is 41.0 Å². The van der Waals surface area contributed by atoms with Crippen molar-refractivity contribution in [3.8, 4) is 0 Å². The van der Waals surface area contributed by atoms with Gasteiger partial charge in [-0.1, -0.05) is 46.4 Å². The highest BCUT2D eigenvalue weighted by Gasteiger charge is 2.26. The molecule has 0 aromatic heterocycles. The maximum absolute atomic E-state index is 5.25. The summed E-state index contributed by atoms with van der Waals surface area (Å²) in [5.74, 6) is -0.866. The third-order valence-electron chi connectivity index (χ3n) is 1.55. The van der Waals surface area contributed by atoms with E-state index in [1.54, 1.807) is 0 Å². The van der Waals surface area contributed by atoms with E-state index in [0.29, 0.717) is 5.41 Å². The second-order valence-corrected chi connectivity index (χ2v) is 10.4. The van der Waals surface area contributed by atoms with Crippen LogP contribution in [0.25, 0.3) is 0 Å². The van der Waals surface area contributed by atoms with Crippen LogP contribution in [0, 0.1) is 5.41 Å². The highest BCUT2D eigenvalue weighted by Crippen LogP contribution is 2.48. The van der Waals surface area contributed by atoms with Crippen molar-refractivity contribution in [3.63, 3.8) is 0 Å². The predicted octanol–water partition coefficient (Wildman–Crippen LogP) is 3.72. The van der Waals surface area contributed by atoms with E-state index in [9.17, 15) is 0 Å². The summed E-state index contributed by atoms with van der Waals surface area (Å²) >= 11 is 9.66. The minimum atomic E-state index is -0.866. The van der Waals surface area contributed by atoms with Gasteiger partial charge in [-0.3, -0.25) is 0 Å². The molecule has 0 aliphatic heterocycles. The van der Waals surface area contributed by atoms with Crippen molar-refractivity contribution in [3.05, 3.63) is 0 Å². The zero-order chi connectivity index (χ0) is 9.28. The Bertz CT molecular complexity index is 156. The molecule has 68 valence electrons. The van der Waals surface area contributed by atoms with Crippen molar-refractivity contribution in [1.82, 2.24) is 0 Å². The lowest BCUT2D eigenvalue weighted by Gasteiger charge is -2.31. The summed E-state index contributed by atoms with van der Waals surface area (Å²) < 4.78 is 0. The molecule has 0 saturated heterocycles. The van der Waals surface area contributed by atoms with Crippen molar-refractivity contribution in [2.45, 2.75) is 46.2 Å². The number of hydrogen-bond acceptors (Lipinski definition) is 1. The van der Waals surface area contributed by atoms with Crippen LogP contribution in [-0.2, 0) is 11.8 Å². The molecule has 0 nitrogen and oxygen atoms in total.